The van der Waals surface area contributed by atoms with Crippen LogP contribution in [-0.4, -0.2) is 22.6 Å². The van der Waals surface area contributed by atoms with Crippen LogP contribution in [0.5, 0.6) is 5.75 Å². The Morgan fingerprint density at radius 1 is 1.29 bits per heavy atom. The molecule has 0 bridgehead atoms. The molecule has 114 valence electrons. The third-order valence-corrected chi connectivity index (χ3v) is 4.31. The summed E-state index contributed by atoms with van der Waals surface area (Å²) in [5.74, 6) is 1.11. The molecule has 0 atom stereocenters. The van der Waals surface area contributed by atoms with Gasteiger partial charge in [0.05, 0.1) is 19.3 Å². The van der Waals surface area contributed by atoms with Gasteiger partial charge in [-0.3, -0.25) is 0 Å². The van der Waals surface area contributed by atoms with Gasteiger partial charge in [-0.25, -0.2) is 13.1 Å². The maximum absolute atomic E-state index is 11.6. The molecular weight excluding hydrogens is 316 g/mol. The largest absolute Gasteiger partial charge is 0.495 e. The first kappa shape index (κ1) is 15.7. The van der Waals surface area contributed by atoms with Crippen LogP contribution in [0.1, 0.15) is 5.76 Å². The van der Waals surface area contributed by atoms with E-state index < -0.39 is 10.0 Å². The Labute approximate surface area is 128 Å². The minimum Gasteiger partial charge on any atom is -0.495 e. The van der Waals surface area contributed by atoms with Crippen LogP contribution in [0.4, 0.5) is 5.69 Å². The van der Waals surface area contributed by atoms with Gasteiger partial charge < -0.3 is 14.5 Å². The second kappa shape index (κ2) is 6.38. The lowest BCUT2D eigenvalue weighted by Crippen LogP contribution is -2.17. The second-order valence-corrected chi connectivity index (χ2v) is 6.38. The Bertz CT molecular complexity index is 728. The van der Waals surface area contributed by atoms with Crippen LogP contribution in [-0.2, 0) is 16.6 Å². The van der Waals surface area contributed by atoms with E-state index in [1.807, 2.05) is 0 Å². The number of hydrogen-bond acceptors (Lipinski definition) is 5. The predicted molar refractivity (Wildman–Crippen MR) is 80.3 cm³/mol. The number of ether oxygens (including phenoxy) is 1. The van der Waals surface area contributed by atoms with Crippen molar-refractivity contribution in [3.8, 4) is 5.75 Å². The average molecular weight is 331 g/mol. The minimum absolute atomic E-state index is 0.125. The zero-order chi connectivity index (χ0) is 15.5. The number of furan rings is 1. The van der Waals surface area contributed by atoms with Gasteiger partial charge in [0.1, 0.15) is 11.5 Å². The van der Waals surface area contributed by atoms with Crippen molar-refractivity contribution >= 4 is 27.3 Å². The fourth-order valence-corrected chi connectivity index (χ4v) is 2.54. The van der Waals surface area contributed by atoms with E-state index in [-0.39, 0.29) is 5.09 Å². The van der Waals surface area contributed by atoms with Gasteiger partial charge in [-0.1, -0.05) is 11.6 Å². The highest BCUT2D eigenvalue weighted by Gasteiger charge is 2.16. The summed E-state index contributed by atoms with van der Waals surface area (Å²) in [6, 6.07) is 8.17. The Morgan fingerprint density at radius 2 is 2.05 bits per heavy atom. The molecule has 8 heteroatoms. The van der Waals surface area contributed by atoms with Crippen LogP contribution in [0.25, 0.3) is 0 Å². The summed E-state index contributed by atoms with van der Waals surface area (Å²) in [6.45, 7) is 0.302. The molecule has 6 nitrogen and oxygen atoms in total. The van der Waals surface area contributed by atoms with Crippen molar-refractivity contribution in [1.82, 2.24) is 4.72 Å². The third kappa shape index (κ3) is 3.69. The second-order valence-electron chi connectivity index (χ2n) is 4.13. The third-order valence-electron chi connectivity index (χ3n) is 2.79. The normalized spacial score (nSPS) is 11.4. The van der Waals surface area contributed by atoms with Crippen molar-refractivity contribution < 1.29 is 17.6 Å². The van der Waals surface area contributed by atoms with Gasteiger partial charge in [0.15, 0.2) is 0 Å². The summed E-state index contributed by atoms with van der Waals surface area (Å²) in [4.78, 5) is 0. The van der Waals surface area contributed by atoms with Crippen LogP contribution in [0, 0.1) is 0 Å². The van der Waals surface area contributed by atoms with Crippen LogP contribution < -0.4 is 14.8 Å². The monoisotopic (exact) mass is 330 g/mol. The van der Waals surface area contributed by atoms with Gasteiger partial charge in [0.25, 0.3) is 10.0 Å². The summed E-state index contributed by atoms with van der Waals surface area (Å²) in [5.41, 5.74) is 0.694. The lowest BCUT2D eigenvalue weighted by Gasteiger charge is -2.10. The number of sulfonamides is 1. The number of hydrogen-bond donors (Lipinski definition) is 2. The fraction of sp³-hybridized carbons (Fsp3) is 0.231. The zero-order valence-electron chi connectivity index (χ0n) is 11.5. The van der Waals surface area contributed by atoms with Crippen LogP contribution in [0.15, 0.2) is 39.8 Å². The lowest BCUT2D eigenvalue weighted by molar-refractivity contribution is 0.411. The molecule has 2 N–H and O–H groups in total. The SMILES string of the molecule is CNS(=O)(=O)c1ccc(CNc2cc(Cl)ccc2OC)o1. The van der Waals surface area contributed by atoms with Crippen molar-refractivity contribution in [2.24, 2.45) is 0 Å². The summed E-state index contributed by atoms with van der Waals surface area (Å²) < 4.78 is 35.8. The summed E-state index contributed by atoms with van der Waals surface area (Å²) in [5, 5.41) is 3.53. The zero-order valence-corrected chi connectivity index (χ0v) is 13.1. The van der Waals surface area contributed by atoms with Gasteiger partial charge >= 0.3 is 0 Å². The Morgan fingerprint density at radius 3 is 2.71 bits per heavy atom. The van der Waals surface area contributed by atoms with E-state index in [1.165, 1.54) is 13.1 Å². The number of rotatable bonds is 6. The molecule has 1 aromatic carbocycles. The molecule has 0 aliphatic rings. The van der Waals surface area contributed by atoms with Crippen molar-refractivity contribution in [1.29, 1.82) is 0 Å². The maximum atomic E-state index is 11.6. The van der Waals surface area contributed by atoms with Gasteiger partial charge in [-0.2, -0.15) is 0 Å². The van der Waals surface area contributed by atoms with Crippen molar-refractivity contribution in [3.05, 3.63) is 41.1 Å². The molecule has 21 heavy (non-hydrogen) atoms. The van der Waals surface area contributed by atoms with Crippen LogP contribution in [0.2, 0.25) is 5.02 Å². The summed E-state index contributed by atoms with van der Waals surface area (Å²) in [6.07, 6.45) is 0. The van der Waals surface area contributed by atoms with E-state index in [2.05, 4.69) is 10.0 Å². The average Bonchev–Trinajstić information content (AvgIpc) is 2.95. The Kier molecular flexibility index (Phi) is 4.76. The molecule has 0 radical (unpaired) electrons. The molecule has 1 aromatic heterocycles. The standard InChI is InChI=1S/C13H15ClN2O4S/c1-15-21(17,18)13-6-4-10(20-13)8-16-11-7-9(14)3-5-12(11)19-2/h3-7,15-16H,8H2,1-2H3. The van der Waals surface area contributed by atoms with Gasteiger partial charge in [0, 0.05) is 5.02 Å². The molecule has 0 saturated heterocycles. The molecular formula is C13H15ClN2O4S. The topological polar surface area (TPSA) is 80.6 Å². The molecule has 1 heterocycles. The van der Waals surface area contributed by atoms with E-state index in [0.717, 1.165) is 0 Å². The molecule has 0 fully saturated rings. The van der Waals surface area contributed by atoms with E-state index in [9.17, 15) is 8.42 Å². The predicted octanol–water partition coefficient (Wildman–Crippen LogP) is 2.46. The fourth-order valence-electron chi connectivity index (χ4n) is 1.70. The van der Waals surface area contributed by atoms with E-state index >= 15 is 0 Å². The first-order valence-corrected chi connectivity index (χ1v) is 7.92. The molecule has 0 unspecified atom stereocenters. The number of methoxy groups -OCH3 is 1. The van der Waals surface area contributed by atoms with E-state index in [4.69, 9.17) is 20.8 Å². The molecule has 0 aliphatic heterocycles. The number of halogens is 1. The van der Waals surface area contributed by atoms with Gasteiger partial charge in [0.2, 0.25) is 5.09 Å². The quantitative estimate of drug-likeness (QED) is 0.850. The molecule has 2 aromatic rings. The highest BCUT2D eigenvalue weighted by molar-refractivity contribution is 7.89. The highest BCUT2D eigenvalue weighted by Crippen LogP contribution is 2.28. The maximum Gasteiger partial charge on any atom is 0.273 e. The number of nitrogens with one attached hydrogen (secondary N) is 2. The minimum atomic E-state index is -3.57. The van der Waals surface area contributed by atoms with Crippen LogP contribution >= 0.6 is 11.6 Å². The molecule has 0 saturated carbocycles. The van der Waals surface area contributed by atoms with Crippen molar-refractivity contribution in [2.75, 3.05) is 19.5 Å². The first-order chi connectivity index (χ1) is 9.96. The van der Waals surface area contributed by atoms with E-state index in [1.54, 1.807) is 31.4 Å². The van der Waals surface area contributed by atoms with Crippen LogP contribution in [0.3, 0.4) is 0 Å². The molecule has 2 rings (SSSR count). The molecule has 0 spiro atoms. The summed E-state index contributed by atoms with van der Waals surface area (Å²) in [7, 11) is -0.690. The Hall–Kier alpha value is -1.70. The van der Waals surface area contributed by atoms with Crippen molar-refractivity contribution in [3.63, 3.8) is 0 Å². The lowest BCUT2D eigenvalue weighted by atomic mass is 10.3. The smallest absolute Gasteiger partial charge is 0.273 e. The van der Waals surface area contributed by atoms with Crippen molar-refractivity contribution in [2.45, 2.75) is 11.6 Å². The van der Waals surface area contributed by atoms with E-state index in [0.29, 0.717) is 28.8 Å². The Balaban J connectivity index is 2.12. The van der Waals surface area contributed by atoms with Gasteiger partial charge in [-0.05, 0) is 37.4 Å². The highest BCUT2D eigenvalue weighted by atomic mass is 35.5. The molecule has 0 amide bonds. The first-order valence-electron chi connectivity index (χ1n) is 6.06. The number of anilines is 1. The summed E-state index contributed by atoms with van der Waals surface area (Å²) >= 11 is 5.93. The number of benzene rings is 1. The molecule has 0 aliphatic carbocycles. The van der Waals surface area contributed by atoms with Gasteiger partial charge in [-0.15, -0.1) is 0 Å².